The summed E-state index contributed by atoms with van der Waals surface area (Å²) in [6.07, 6.45) is -2.58. The van der Waals surface area contributed by atoms with Crippen molar-refractivity contribution in [2.75, 3.05) is 6.67 Å². The van der Waals surface area contributed by atoms with Crippen LogP contribution in [0.25, 0.3) is 0 Å². The SMILES string of the molecule is O=C(Oc1[nH]cc[n+]1CCF)C(F)(F)F. The first-order valence-corrected chi connectivity index (χ1v) is 3.87. The van der Waals surface area contributed by atoms with Crippen LogP contribution in [-0.4, -0.2) is 23.8 Å². The molecule has 1 heterocycles. The van der Waals surface area contributed by atoms with Gasteiger partial charge in [-0.25, -0.2) is 14.2 Å². The fourth-order valence-corrected chi connectivity index (χ4v) is 0.850. The minimum absolute atomic E-state index is 0.191. The zero-order chi connectivity index (χ0) is 11.5. The number of ether oxygens (including phenoxy) is 1. The highest BCUT2D eigenvalue weighted by Crippen LogP contribution is 2.17. The van der Waals surface area contributed by atoms with Crippen molar-refractivity contribution in [1.29, 1.82) is 0 Å². The highest BCUT2D eigenvalue weighted by atomic mass is 19.4. The molecule has 0 radical (unpaired) electrons. The van der Waals surface area contributed by atoms with Crippen molar-refractivity contribution >= 4 is 5.97 Å². The van der Waals surface area contributed by atoms with Crippen LogP contribution in [-0.2, 0) is 11.3 Å². The van der Waals surface area contributed by atoms with Crippen molar-refractivity contribution in [3.8, 4) is 6.01 Å². The molecule has 0 aliphatic carbocycles. The van der Waals surface area contributed by atoms with Gasteiger partial charge in [0.1, 0.15) is 25.6 Å². The zero-order valence-corrected chi connectivity index (χ0v) is 7.34. The third-order valence-corrected chi connectivity index (χ3v) is 1.47. The number of carbonyl (C=O) groups is 1. The number of nitrogens with zero attached hydrogens (tertiary/aromatic N) is 1. The van der Waals surface area contributed by atoms with Crippen LogP contribution in [0.3, 0.4) is 0 Å². The number of hydrogen-bond acceptors (Lipinski definition) is 2. The zero-order valence-electron chi connectivity index (χ0n) is 7.34. The third-order valence-electron chi connectivity index (χ3n) is 1.47. The van der Waals surface area contributed by atoms with Gasteiger partial charge in [-0.15, -0.1) is 0 Å². The summed E-state index contributed by atoms with van der Waals surface area (Å²) in [5.74, 6) is -2.35. The Labute approximate surface area is 81.5 Å². The van der Waals surface area contributed by atoms with E-state index in [0.717, 1.165) is 4.57 Å². The Morgan fingerprint density at radius 2 is 2.20 bits per heavy atom. The lowest BCUT2D eigenvalue weighted by molar-refractivity contribution is -0.699. The third kappa shape index (κ3) is 2.93. The first-order valence-electron chi connectivity index (χ1n) is 3.87. The van der Waals surface area contributed by atoms with Gasteiger partial charge in [-0.1, -0.05) is 0 Å². The van der Waals surface area contributed by atoms with Gasteiger partial charge in [-0.2, -0.15) is 17.7 Å². The number of imidazole rings is 1. The molecule has 8 heteroatoms. The minimum Gasteiger partial charge on any atom is -0.350 e. The van der Waals surface area contributed by atoms with Crippen molar-refractivity contribution < 1.29 is 31.7 Å². The molecule has 0 atom stereocenters. The van der Waals surface area contributed by atoms with Crippen LogP contribution in [0.4, 0.5) is 17.6 Å². The van der Waals surface area contributed by atoms with Crippen LogP contribution in [0.15, 0.2) is 12.4 Å². The summed E-state index contributed by atoms with van der Waals surface area (Å²) < 4.78 is 52.3. The van der Waals surface area contributed by atoms with Gasteiger partial charge in [0.25, 0.3) is 0 Å². The minimum atomic E-state index is -5.07. The Morgan fingerprint density at radius 1 is 1.53 bits per heavy atom. The second-order valence-electron chi connectivity index (χ2n) is 2.53. The fraction of sp³-hybridized carbons (Fsp3) is 0.429. The molecule has 1 aromatic rings. The first-order chi connectivity index (χ1) is 6.95. The van der Waals surface area contributed by atoms with Crippen molar-refractivity contribution in [3.63, 3.8) is 0 Å². The summed E-state index contributed by atoms with van der Waals surface area (Å²) in [5.41, 5.74) is 0. The van der Waals surface area contributed by atoms with Crippen LogP contribution < -0.4 is 9.30 Å². The van der Waals surface area contributed by atoms with Gasteiger partial charge < -0.3 is 4.74 Å². The van der Waals surface area contributed by atoms with Crippen LogP contribution in [0.2, 0.25) is 0 Å². The molecule has 0 fully saturated rings. The Hall–Kier alpha value is -1.60. The summed E-state index contributed by atoms with van der Waals surface area (Å²) in [5, 5.41) is 0. The maximum absolute atomic E-state index is 11.9. The molecule has 0 saturated carbocycles. The quantitative estimate of drug-likeness (QED) is 0.470. The van der Waals surface area contributed by atoms with E-state index in [-0.39, 0.29) is 6.54 Å². The second kappa shape index (κ2) is 4.28. The van der Waals surface area contributed by atoms with E-state index in [1.54, 1.807) is 0 Å². The molecular weight excluding hydrogens is 220 g/mol. The molecule has 1 aromatic heterocycles. The van der Waals surface area contributed by atoms with Gasteiger partial charge in [0.05, 0.1) is 0 Å². The van der Waals surface area contributed by atoms with Gasteiger partial charge in [0, 0.05) is 0 Å². The lowest BCUT2D eigenvalue weighted by Crippen LogP contribution is -2.38. The van der Waals surface area contributed by atoms with Crippen LogP contribution in [0, 0.1) is 0 Å². The molecule has 0 aliphatic rings. The lowest BCUT2D eigenvalue weighted by atomic mass is 10.6. The Balaban J connectivity index is 2.72. The maximum Gasteiger partial charge on any atom is 0.491 e. The molecule has 0 aromatic carbocycles. The Bertz CT molecular complexity index is 347. The molecule has 84 valence electrons. The number of halogens is 4. The smallest absolute Gasteiger partial charge is 0.350 e. The lowest BCUT2D eigenvalue weighted by Gasteiger charge is -2.03. The van der Waals surface area contributed by atoms with Gasteiger partial charge in [0.2, 0.25) is 0 Å². The van der Waals surface area contributed by atoms with Crippen LogP contribution in [0.1, 0.15) is 0 Å². The Morgan fingerprint density at radius 3 is 2.73 bits per heavy atom. The molecule has 15 heavy (non-hydrogen) atoms. The molecular formula is C7H7F4N2O2+. The summed E-state index contributed by atoms with van der Waals surface area (Å²) in [6.45, 7) is -0.969. The van der Waals surface area contributed by atoms with Crippen molar-refractivity contribution in [2.24, 2.45) is 0 Å². The number of aromatic amines is 1. The molecule has 0 spiro atoms. The summed E-state index contributed by atoms with van der Waals surface area (Å²) in [7, 11) is 0. The predicted molar refractivity (Wildman–Crippen MR) is 38.7 cm³/mol. The van der Waals surface area contributed by atoms with E-state index in [1.165, 1.54) is 12.4 Å². The van der Waals surface area contributed by atoms with Crippen LogP contribution >= 0.6 is 0 Å². The van der Waals surface area contributed by atoms with Crippen LogP contribution in [0.5, 0.6) is 6.01 Å². The van der Waals surface area contributed by atoms with Crippen molar-refractivity contribution in [3.05, 3.63) is 12.4 Å². The van der Waals surface area contributed by atoms with E-state index in [2.05, 4.69) is 9.72 Å². The first kappa shape index (κ1) is 11.5. The number of H-pyrrole nitrogens is 1. The van der Waals surface area contributed by atoms with E-state index in [4.69, 9.17) is 0 Å². The van der Waals surface area contributed by atoms with Gasteiger partial charge in [-0.05, 0) is 0 Å². The molecule has 0 aliphatic heterocycles. The van der Waals surface area contributed by atoms with Gasteiger partial charge in [-0.3, -0.25) is 0 Å². The van der Waals surface area contributed by atoms with E-state index in [1.807, 2.05) is 0 Å². The van der Waals surface area contributed by atoms with Gasteiger partial charge >= 0.3 is 18.2 Å². The number of nitrogens with one attached hydrogen (secondary N) is 1. The largest absolute Gasteiger partial charge is 0.491 e. The molecule has 0 amide bonds. The highest BCUT2D eigenvalue weighted by molar-refractivity contribution is 5.77. The molecule has 1 N–H and O–H groups in total. The number of esters is 1. The van der Waals surface area contributed by atoms with Crippen molar-refractivity contribution in [1.82, 2.24) is 4.98 Å². The summed E-state index contributed by atoms with van der Waals surface area (Å²) >= 11 is 0. The molecule has 4 nitrogen and oxygen atoms in total. The van der Waals surface area contributed by atoms with E-state index in [9.17, 15) is 22.4 Å². The molecule has 0 unspecified atom stereocenters. The summed E-state index contributed by atoms with van der Waals surface area (Å²) in [4.78, 5) is 12.7. The monoisotopic (exact) mass is 227 g/mol. The number of hydrogen-bond donors (Lipinski definition) is 1. The molecule has 0 saturated heterocycles. The van der Waals surface area contributed by atoms with E-state index in [0.29, 0.717) is 0 Å². The average molecular weight is 227 g/mol. The molecule has 1 rings (SSSR count). The predicted octanol–water partition coefficient (Wildman–Crippen LogP) is 0.739. The number of rotatable bonds is 3. The van der Waals surface area contributed by atoms with E-state index >= 15 is 0 Å². The number of alkyl halides is 4. The van der Waals surface area contributed by atoms with E-state index < -0.39 is 24.8 Å². The topological polar surface area (TPSA) is 46.0 Å². The number of aromatic nitrogens is 2. The Kier molecular flexibility index (Phi) is 3.28. The standard InChI is InChI=1S/C7H6F4N2O2/c8-1-3-13-4-2-12-6(13)15-5(14)7(9,10)11/h2,4H,1,3H2/p+1. The average Bonchev–Trinajstić information content (AvgIpc) is 2.52. The van der Waals surface area contributed by atoms with Crippen molar-refractivity contribution in [2.45, 2.75) is 12.7 Å². The highest BCUT2D eigenvalue weighted by Gasteiger charge is 2.43. The number of carbonyl (C=O) groups excluding carboxylic acids is 1. The fourth-order valence-electron chi connectivity index (χ4n) is 0.850. The summed E-state index contributed by atoms with van der Waals surface area (Å²) in [6, 6.07) is -0.449. The normalized spacial score (nSPS) is 11.5. The molecule has 0 bridgehead atoms. The maximum atomic E-state index is 11.9. The number of aryl methyl sites for hydroxylation is 1. The second-order valence-corrected chi connectivity index (χ2v) is 2.53. The van der Waals surface area contributed by atoms with Gasteiger partial charge in [0.15, 0.2) is 0 Å².